The first kappa shape index (κ1) is 12.9. The summed E-state index contributed by atoms with van der Waals surface area (Å²) >= 11 is 0. The second kappa shape index (κ2) is 6.40. The molecule has 0 radical (unpaired) electrons. The summed E-state index contributed by atoms with van der Waals surface area (Å²) in [6.45, 7) is 4.28. The molecule has 82 valence electrons. The van der Waals surface area contributed by atoms with Crippen molar-refractivity contribution in [2.45, 2.75) is 26.7 Å². The molecular formula is C10H19NO3. The second-order valence-corrected chi connectivity index (χ2v) is 3.40. The molecule has 0 aliphatic rings. The van der Waals surface area contributed by atoms with Gasteiger partial charge in [-0.1, -0.05) is 13.8 Å². The monoisotopic (exact) mass is 201 g/mol. The standard InChI is InChI=1S/C10H19NO3/c1-5-8(2)10(13)11(3)7-6-9(12)14-4/h8H,5-7H2,1-4H3. The minimum Gasteiger partial charge on any atom is -0.469 e. The first-order valence-electron chi connectivity index (χ1n) is 4.84. The molecule has 0 aliphatic carbocycles. The Kier molecular flexibility index (Phi) is 5.92. The highest BCUT2D eigenvalue weighted by Crippen LogP contribution is 2.05. The first-order valence-corrected chi connectivity index (χ1v) is 4.84. The summed E-state index contributed by atoms with van der Waals surface area (Å²) < 4.78 is 4.49. The zero-order valence-electron chi connectivity index (χ0n) is 9.37. The smallest absolute Gasteiger partial charge is 0.307 e. The normalized spacial score (nSPS) is 12.0. The van der Waals surface area contributed by atoms with Gasteiger partial charge in [0.15, 0.2) is 0 Å². The highest BCUT2D eigenvalue weighted by atomic mass is 16.5. The van der Waals surface area contributed by atoms with Gasteiger partial charge in [-0.15, -0.1) is 0 Å². The van der Waals surface area contributed by atoms with Gasteiger partial charge in [-0.3, -0.25) is 9.59 Å². The molecule has 0 spiro atoms. The lowest BCUT2D eigenvalue weighted by Gasteiger charge is -2.19. The maximum absolute atomic E-state index is 11.5. The quantitative estimate of drug-likeness (QED) is 0.625. The highest BCUT2D eigenvalue weighted by Gasteiger charge is 2.16. The summed E-state index contributed by atoms with van der Waals surface area (Å²) in [5.41, 5.74) is 0. The molecule has 0 rings (SSSR count). The fraction of sp³-hybridized carbons (Fsp3) is 0.800. The molecule has 0 heterocycles. The number of carbonyl (C=O) groups excluding carboxylic acids is 2. The largest absolute Gasteiger partial charge is 0.469 e. The van der Waals surface area contributed by atoms with E-state index in [0.29, 0.717) is 6.54 Å². The zero-order valence-corrected chi connectivity index (χ0v) is 9.37. The lowest BCUT2D eigenvalue weighted by Crippen LogP contribution is -2.33. The van der Waals surface area contributed by atoms with Gasteiger partial charge in [-0.25, -0.2) is 0 Å². The molecule has 0 saturated heterocycles. The predicted molar refractivity (Wildman–Crippen MR) is 53.7 cm³/mol. The van der Waals surface area contributed by atoms with E-state index in [-0.39, 0.29) is 24.2 Å². The summed E-state index contributed by atoms with van der Waals surface area (Å²) in [7, 11) is 3.05. The molecule has 0 aromatic heterocycles. The number of ether oxygens (including phenoxy) is 1. The Hall–Kier alpha value is -1.06. The van der Waals surface area contributed by atoms with Crippen molar-refractivity contribution in [3.05, 3.63) is 0 Å². The van der Waals surface area contributed by atoms with Crippen molar-refractivity contribution in [1.29, 1.82) is 0 Å². The summed E-state index contributed by atoms with van der Waals surface area (Å²) in [6, 6.07) is 0. The molecule has 0 aromatic rings. The van der Waals surface area contributed by atoms with Crippen LogP contribution in [-0.4, -0.2) is 37.5 Å². The molecule has 0 bridgehead atoms. The Morgan fingerprint density at radius 1 is 1.43 bits per heavy atom. The third-order valence-corrected chi connectivity index (χ3v) is 2.29. The Labute approximate surface area is 85.2 Å². The summed E-state index contributed by atoms with van der Waals surface area (Å²) in [6.07, 6.45) is 1.08. The van der Waals surface area contributed by atoms with Gasteiger partial charge in [-0.05, 0) is 6.42 Å². The number of amides is 1. The van der Waals surface area contributed by atoms with E-state index >= 15 is 0 Å². The minimum absolute atomic E-state index is 0.0256. The van der Waals surface area contributed by atoms with Crippen molar-refractivity contribution >= 4 is 11.9 Å². The van der Waals surface area contributed by atoms with Gasteiger partial charge in [0.2, 0.25) is 5.91 Å². The fourth-order valence-corrected chi connectivity index (χ4v) is 1.02. The van der Waals surface area contributed by atoms with Crippen LogP contribution in [0.15, 0.2) is 0 Å². The topological polar surface area (TPSA) is 46.6 Å². The average molecular weight is 201 g/mol. The van der Waals surface area contributed by atoms with E-state index in [1.54, 1.807) is 11.9 Å². The fourth-order valence-electron chi connectivity index (χ4n) is 1.02. The van der Waals surface area contributed by atoms with E-state index in [1.807, 2.05) is 13.8 Å². The van der Waals surface area contributed by atoms with Gasteiger partial charge < -0.3 is 9.64 Å². The van der Waals surface area contributed by atoms with E-state index in [4.69, 9.17) is 0 Å². The molecule has 14 heavy (non-hydrogen) atoms. The molecule has 0 fully saturated rings. The van der Waals surface area contributed by atoms with Crippen molar-refractivity contribution in [3.8, 4) is 0 Å². The van der Waals surface area contributed by atoms with E-state index in [2.05, 4.69) is 4.74 Å². The predicted octanol–water partition coefficient (Wildman–Crippen LogP) is 1.05. The number of esters is 1. The Balaban J connectivity index is 3.90. The number of nitrogens with zero attached hydrogens (tertiary/aromatic N) is 1. The SMILES string of the molecule is CCC(C)C(=O)N(C)CCC(=O)OC. The van der Waals surface area contributed by atoms with E-state index < -0.39 is 0 Å². The maximum atomic E-state index is 11.5. The number of hydrogen-bond acceptors (Lipinski definition) is 3. The van der Waals surface area contributed by atoms with E-state index in [1.165, 1.54) is 7.11 Å². The number of hydrogen-bond donors (Lipinski definition) is 0. The molecule has 0 saturated carbocycles. The minimum atomic E-state index is -0.284. The summed E-state index contributed by atoms with van der Waals surface area (Å²) in [4.78, 5) is 23.9. The average Bonchev–Trinajstić information content (AvgIpc) is 2.22. The molecule has 0 N–H and O–H groups in total. The van der Waals surface area contributed by atoms with Crippen LogP contribution in [-0.2, 0) is 14.3 Å². The van der Waals surface area contributed by atoms with Crippen LogP contribution in [0.2, 0.25) is 0 Å². The number of rotatable bonds is 5. The molecule has 4 heteroatoms. The van der Waals surface area contributed by atoms with Crippen molar-refractivity contribution in [2.24, 2.45) is 5.92 Å². The second-order valence-electron chi connectivity index (χ2n) is 3.40. The molecule has 0 aliphatic heterocycles. The summed E-state index contributed by atoms with van der Waals surface area (Å²) in [5, 5.41) is 0. The lowest BCUT2D eigenvalue weighted by molar-refractivity contribution is -0.142. The van der Waals surface area contributed by atoms with Crippen molar-refractivity contribution in [2.75, 3.05) is 20.7 Å². The number of methoxy groups -OCH3 is 1. The molecule has 0 aromatic carbocycles. The van der Waals surface area contributed by atoms with Gasteiger partial charge in [0.05, 0.1) is 13.5 Å². The van der Waals surface area contributed by atoms with Crippen LogP contribution in [0.5, 0.6) is 0 Å². The highest BCUT2D eigenvalue weighted by molar-refractivity contribution is 5.78. The molecule has 1 unspecified atom stereocenters. The van der Waals surface area contributed by atoms with Gasteiger partial charge in [-0.2, -0.15) is 0 Å². The van der Waals surface area contributed by atoms with Crippen LogP contribution < -0.4 is 0 Å². The van der Waals surface area contributed by atoms with Crippen LogP contribution in [0.4, 0.5) is 0 Å². The van der Waals surface area contributed by atoms with Crippen LogP contribution in [0.3, 0.4) is 0 Å². The lowest BCUT2D eigenvalue weighted by atomic mass is 10.1. The van der Waals surface area contributed by atoms with Crippen LogP contribution >= 0.6 is 0 Å². The molecule has 4 nitrogen and oxygen atoms in total. The van der Waals surface area contributed by atoms with Crippen LogP contribution in [0, 0.1) is 5.92 Å². The molecule has 1 amide bonds. The third kappa shape index (κ3) is 4.25. The maximum Gasteiger partial charge on any atom is 0.307 e. The van der Waals surface area contributed by atoms with Gasteiger partial charge in [0.25, 0.3) is 0 Å². The van der Waals surface area contributed by atoms with Crippen molar-refractivity contribution in [3.63, 3.8) is 0 Å². The van der Waals surface area contributed by atoms with E-state index in [0.717, 1.165) is 6.42 Å². The number of carbonyl (C=O) groups is 2. The van der Waals surface area contributed by atoms with Crippen LogP contribution in [0.1, 0.15) is 26.7 Å². The third-order valence-electron chi connectivity index (χ3n) is 2.29. The van der Waals surface area contributed by atoms with Gasteiger partial charge >= 0.3 is 5.97 Å². The van der Waals surface area contributed by atoms with Crippen molar-refractivity contribution in [1.82, 2.24) is 4.90 Å². The Bertz CT molecular complexity index is 204. The van der Waals surface area contributed by atoms with Gasteiger partial charge in [0, 0.05) is 19.5 Å². The Morgan fingerprint density at radius 3 is 2.43 bits per heavy atom. The zero-order chi connectivity index (χ0) is 11.1. The van der Waals surface area contributed by atoms with E-state index in [9.17, 15) is 9.59 Å². The van der Waals surface area contributed by atoms with Crippen molar-refractivity contribution < 1.29 is 14.3 Å². The molecular weight excluding hydrogens is 182 g/mol. The van der Waals surface area contributed by atoms with Crippen LogP contribution in [0.25, 0.3) is 0 Å². The summed E-state index contributed by atoms with van der Waals surface area (Å²) in [5.74, 6) is -0.178. The Morgan fingerprint density at radius 2 is 2.00 bits per heavy atom. The molecule has 1 atom stereocenters. The van der Waals surface area contributed by atoms with Gasteiger partial charge in [0.1, 0.15) is 0 Å². The first-order chi connectivity index (χ1) is 6.52.